The van der Waals surface area contributed by atoms with Gasteiger partial charge in [-0.25, -0.2) is 26.9 Å². The lowest BCUT2D eigenvalue weighted by molar-refractivity contribution is 0.581. The van der Waals surface area contributed by atoms with Crippen LogP contribution in [0, 0.1) is 11.6 Å². The van der Waals surface area contributed by atoms with Gasteiger partial charge in [-0.15, -0.1) is 0 Å². The first-order chi connectivity index (χ1) is 14.4. The number of aromatic amines is 1. The molecule has 0 aliphatic heterocycles. The minimum absolute atomic E-state index is 0.00448. The van der Waals surface area contributed by atoms with Crippen molar-refractivity contribution in [1.82, 2.24) is 14.7 Å². The molecule has 1 aliphatic rings. The molecule has 0 unspecified atom stereocenters. The molecule has 6 nitrogen and oxygen atoms in total. The lowest BCUT2D eigenvalue weighted by atomic mass is 10.1. The summed E-state index contributed by atoms with van der Waals surface area (Å²) in [4.78, 5) is 7.10. The molecule has 30 heavy (non-hydrogen) atoms. The summed E-state index contributed by atoms with van der Waals surface area (Å²) in [5.74, 6) is -1.32. The number of hydrogen-bond donors (Lipinski definition) is 3. The minimum atomic E-state index is -3.66. The second-order valence-corrected chi connectivity index (χ2v) is 9.60. The highest BCUT2D eigenvalue weighted by molar-refractivity contribution is 7.89. The van der Waals surface area contributed by atoms with Crippen molar-refractivity contribution < 1.29 is 17.2 Å². The van der Waals surface area contributed by atoms with Gasteiger partial charge in [0.05, 0.1) is 16.1 Å². The van der Waals surface area contributed by atoms with Gasteiger partial charge >= 0.3 is 0 Å². The van der Waals surface area contributed by atoms with Crippen molar-refractivity contribution in [3.63, 3.8) is 0 Å². The molecule has 2 aromatic heterocycles. The van der Waals surface area contributed by atoms with Crippen LogP contribution >= 0.6 is 11.3 Å². The average molecular weight is 447 g/mol. The quantitative estimate of drug-likeness (QED) is 0.399. The topological polar surface area (TPSA) is 86.9 Å². The van der Waals surface area contributed by atoms with E-state index in [-0.39, 0.29) is 27.9 Å². The van der Waals surface area contributed by atoms with Crippen LogP contribution < -0.4 is 10.0 Å². The average Bonchev–Trinajstić information content (AvgIpc) is 3.16. The van der Waals surface area contributed by atoms with Crippen molar-refractivity contribution in [2.24, 2.45) is 0 Å². The summed E-state index contributed by atoms with van der Waals surface area (Å²) in [6, 6.07) is 8.59. The lowest BCUT2D eigenvalue weighted by Gasteiger charge is -2.13. The number of halogens is 2. The molecule has 0 amide bonds. The molecule has 0 saturated heterocycles. The van der Waals surface area contributed by atoms with E-state index in [1.54, 1.807) is 12.1 Å². The Labute approximate surface area is 175 Å². The highest BCUT2D eigenvalue weighted by Crippen LogP contribution is 2.34. The molecule has 1 aliphatic carbocycles. The summed E-state index contributed by atoms with van der Waals surface area (Å²) < 4.78 is 55.5. The monoisotopic (exact) mass is 446 g/mol. The molecule has 5 rings (SSSR count). The first kappa shape index (κ1) is 19.2. The molecular formula is C20H16F2N4O2S2. The van der Waals surface area contributed by atoms with Crippen LogP contribution in [0.25, 0.3) is 22.2 Å². The fourth-order valence-electron chi connectivity index (χ4n) is 3.18. The zero-order valence-corrected chi connectivity index (χ0v) is 17.1. The molecular weight excluding hydrogens is 430 g/mol. The van der Waals surface area contributed by atoms with Crippen LogP contribution in [0.1, 0.15) is 12.8 Å². The van der Waals surface area contributed by atoms with Crippen LogP contribution in [-0.4, -0.2) is 24.4 Å². The number of nitrogens with zero attached hydrogens (tertiary/aromatic N) is 1. The van der Waals surface area contributed by atoms with Crippen LogP contribution in [0.3, 0.4) is 0 Å². The van der Waals surface area contributed by atoms with E-state index in [0.29, 0.717) is 5.69 Å². The summed E-state index contributed by atoms with van der Waals surface area (Å²) >= 11 is 1.51. The Morgan fingerprint density at radius 3 is 2.70 bits per heavy atom. The molecule has 1 fully saturated rings. The Kier molecular flexibility index (Phi) is 4.57. The van der Waals surface area contributed by atoms with Gasteiger partial charge in [0.1, 0.15) is 11.3 Å². The molecule has 1 saturated carbocycles. The Morgan fingerprint density at radius 2 is 1.97 bits per heavy atom. The van der Waals surface area contributed by atoms with Gasteiger partial charge in [-0.3, -0.25) is 0 Å². The molecule has 154 valence electrons. The first-order valence-electron chi connectivity index (χ1n) is 9.20. The molecule has 4 aromatic rings. The number of sulfonamides is 1. The number of nitrogens with one attached hydrogen (secondary N) is 3. The van der Waals surface area contributed by atoms with Gasteiger partial charge < -0.3 is 10.3 Å². The molecule has 0 bridgehead atoms. The van der Waals surface area contributed by atoms with Gasteiger partial charge in [0.15, 0.2) is 5.82 Å². The Balaban J connectivity index is 1.58. The number of fused-ring (bicyclic) bond motifs is 1. The second-order valence-electron chi connectivity index (χ2n) is 7.11. The molecule has 10 heteroatoms. The number of thiophene rings is 1. The first-order valence-corrected chi connectivity index (χ1v) is 11.6. The number of rotatable bonds is 6. The minimum Gasteiger partial charge on any atom is -0.325 e. The van der Waals surface area contributed by atoms with Crippen molar-refractivity contribution in [3.8, 4) is 11.1 Å². The summed E-state index contributed by atoms with van der Waals surface area (Å²) in [6.45, 7) is 0. The van der Waals surface area contributed by atoms with Crippen molar-refractivity contribution >= 4 is 44.0 Å². The third kappa shape index (κ3) is 3.69. The maximum absolute atomic E-state index is 14.0. The number of H-pyrrole nitrogens is 1. The Morgan fingerprint density at radius 1 is 1.13 bits per heavy atom. The van der Waals surface area contributed by atoms with Crippen LogP contribution in [-0.2, 0) is 10.0 Å². The highest BCUT2D eigenvalue weighted by atomic mass is 32.2. The van der Waals surface area contributed by atoms with E-state index in [0.717, 1.165) is 36.1 Å². The van der Waals surface area contributed by atoms with E-state index in [1.165, 1.54) is 17.4 Å². The van der Waals surface area contributed by atoms with E-state index in [2.05, 4.69) is 20.0 Å². The zero-order valence-electron chi connectivity index (χ0n) is 15.4. The van der Waals surface area contributed by atoms with E-state index >= 15 is 0 Å². The number of anilines is 2. The van der Waals surface area contributed by atoms with Gasteiger partial charge in [-0.1, -0.05) is 6.07 Å². The van der Waals surface area contributed by atoms with Crippen molar-refractivity contribution in [1.29, 1.82) is 0 Å². The second kappa shape index (κ2) is 7.15. The SMILES string of the molecule is O=S(=O)(NC1CC1)c1ccc(-c2ccsc2)c(Nc2nc3c(F)cc(F)cc3[nH]2)c1. The van der Waals surface area contributed by atoms with Gasteiger partial charge in [0, 0.05) is 17.7 Å². The van der Waals surface area contributed by atoms with Gasteiger partial charge in [0.25, 0.3) is 0 Å². The number of imidazole rings is 1. The maximum atomic E-state index is 14.0. The predicted octanol–water partition coefficient (Wildman–Crippen LogP) is 4.75. The molecule has 0 radical (unpaired) electrons. The molecule has 3 N–H and O–H groups in total. The van der Waals surface area contributed by atoms with E-state index < -0.39 is 21.7 Å². The lowest BCUT2D eigenvalue weighted by Crippen LogP contribution is -2.25. The van der Waals surface area contributed by atoms with Gasteiger partial charge in [0.2, 0.25) is 16.0 Å². The van der Waals surface area contributed by atoms with Crippen molar-refractivity contribution in [2.45, 2.75) is 23.8 Å². The molecule has 0 spiro atoms. The predicted molar refractivity (Wildman–Crippen MR) is 112 cm³/mol. The summed E-state index contributed by atoms with van der Waals surface area (Å²) in [5, 5.41) is 6.88. The van der Waals surface area contributed by atoms with Gasteiger partial charge in [-0.2, -0.15) is 11.3 Å². The van der Waals surface area contributed by atoms with Crippen LogP contribution in [0.5, 0.6) is 0 Å². The largest absolute Gasteiger partial charge is 0.325 e. The van der Waals surface area contributed by atoms with E-state index in [9.17, 15) is 17.2 Å². The van der Waals surface area contributed by atoms with E-state index in [1.807, 2.05) is 16.8 Å². The number of benzene rings is 2. The fourth-order valence-corrected chi connectivity index (χ4v) is 5.17. The van der Waals surface area contributed by atoms with E-state index in [4.69, 9.17) is 0 Å². The number of hydrogen-bond acceptors (Lipinski definition) is 5. The summed E-state index contributed by atoms with van der Waals surface area (Å²) in [5.41, 5.74) is 2.33. The van der Waals surface area contributed by atoms with Crippen molar-refractivity contribution in [3.05, 3.63) is 58.8 Å². The molecule has 0 atom stereocenters. The smallest absolute Gasteiger partial charge is 0.240 e. The fraction of sp³-hybridized carbons (Fsp3) is 0.150. The van der Waals surface area contributed by atoms with Crippen LogP contribution in [0.2, 0.25) is 0 Å². The molecule has 2 heterocycles. The molecule has 2 aromatic carbocycles. The Hall–Kier alpha value is -2.82. The normalized spacial score (nSPS) is 14.3. The van der Waals surface area contributed by atoms with Crippen molar-refractivity contribution in [2.75, 3.05) is 5.32 Å². The maximum Gasteiger partial charge on any atom is 0.240 e. The summed E-state index contributed by atoms with van der Waals surface area (Å²) in [7, 11) is -3.66. The number of aromatic nitrogens is 2. The Bertz CT molecular complexity index is 1350. The van der Waals surface area contributed by atoms with Gasteiger partial charge in [-0.05, 0) is 53.4 Å². The third-order valence-electron chi connectivity index (χ3n) is 4.79. The third-order valence-corrected chi connectivity index (χ3v) is 6.99. The van der Waals surface area contributed by atoms with Crippen LogP contribution in [0.4, 0.5) is 20.4 Å². The van der Waals surface area contributed by atoms with Crippen LogP contribution in [0.15, 0.2) is 52.1 Å². The summed E-state index contributed by atoms with van der Waals surface area (Å²) in [6.07, 6.45) is 1.66. The highest BCUT2D eigenvalue weighted by Gasteiger charge is 2.28. The standard InChI is InChI=1S/C20H16F2N4O2S2/c21-12-7-16(22)19-18(8-12)24-20(25-19)23-17-9-14(30(27,28)26-13-1-2-13)3-4-15(17)11-5-6-29-10-11/h3-10,13,26H,1-2H2,(H2,23,24,25). The zero-order chi connectivity index (χ0) is 20.9.